The molecule has 1 aromatic heterocycles. The number of hydrogen-bond acceptors (Lipinski definition) is 4. The molecule has 0 bridgehead atoms. The summed E-state index contributed by atoms with van der Waals surface area (Å²) >= 11 is 1.63. The summed E-state index contributed by atoms with van der Waals surface area (Å²) in [7, 11) is 2.04. The van der Waals surface area contributed by atoms with Crippen LogP contribution >= 0.6 is 11.3 Å². The van der Waals surface area contributed by atoms with E-state index >= 15 is 0 Å². The van der Waals surface area contributed by atoms with Crippen molar-refractivity contribution in [2.45, 2.75) is 26.8 Å². The SMILES string of the molecule is Cc1cc(C)cc(N(C)c2nc(C(C)N)cs2)c1. The Morgan fingerprint density at radius 1 is 1.22 bits per heavy atom. The maximum absolute atomic E-state index is 5.84. The largest absolute Gasteiger partial charge is 0.323 e. The van der Waals surface area contributed by atoms with E-state index in [0.29, 0.717) is 0 Å². The fourth-order valence-electron chi connectivity index (χ4n) is 1.89. The highest BCUT2D eigenvalue weighted by Gasteiger charge is 2.11. The van der Waals surface area contributed by atoms with Crippen LogP contribution in [0.15, 0.2) is 23.6 Å². The fourth-order valence-corrected chi connectivity index (χ4v) is 2.81. The Hall–Kier alpha value is -1.39. The highest BCUT2D eigenvalue weighted by Crippen LogP contribution is 2.29. The van der Waals surface area contributed by atoms with Crippen LogP contribution in [0.1, 0.15) is 29.8 Å². The average Bonchev–Trinajstić information content (AvgIpc) is 2.75. The van der Waals surface area contributed by atoms with Crippen molar-refractivity contribution in [2.75, 3.05) is 11.9 Å². The first-order valence-corrected chi connectivity index (χ1v) is 6.88. The van der Waals surface area contributed by atoms with Gasteiger partial charge in [-0.1, -0.05) is 6.07 Å². The molecule has 18 heavy (non-hydrogen) atoms. The minimum atomic E-state index is -0.0114. The van der Waals surface area contributed by atoms with Gasteiger partial charge in [-0.15, -0.1) is 11.3 Å². The first-order chi connectivity index (χ1) is 8.47. The van der Waals surface area contributed by atoms with Gasteiger partial charge in [0.25, 0.3) is 0 Å². The smallest absolute Gasteiger partial charge is 0.189 e. The Morgan fingerprint density at radius 3 is 2.33 bits per heavy atom. The number of nitrogens with two attached hydrogens (primary N) is 1. The molecule has 0 radical (unpaired) electrons. The van der Waals surface area contributed by atoms with Crippen molar-refractivity contribution in [3.8, 4) is 0 Å². The van der Waals surface area contributed by atoms with Gasteiger partial charge in [0.15, 0.2) is 5.13 Å². The number of benzene rings is 1. The molecule has 0 aliphatic rings. The zero-order chi connectivity index (χ0) is 13.3. The molecule has 0 aliphatic heterocycles. The molecule has 1 unspecified atom stereocenters. The Morgan fingerprint density at radius 2 is 1.83 bits per heavy atom. The van der Waals surface area contributed by atoms with E-state index in [0.717, 1.165) is 16.5 Å². The summed E-state index contributed by atoms with van der Waals surface area (Å²) in [5.41, 5.74) is 10.5. The zero-order valence-corrected chi connectivity index (χ0v) is 12.1. The quantitative estimate of drug-likeness (QED) is 0.918. The average molecular weight is 261 g/mol. The van der Waals surface area contributed by atoms with Crippen molar-refractivity contribution in [1.29, 1.82) is 0 Å². The minimum absolute atomic E-state index is 0.0114. The number of aromatic nitrogens is 1. The van der Waals surface area contributed by atoms with E-state index in [4.69, 9.17) is 5.73 Å². The highest BCUT2D eigenvalue weighted by atomic mass is 32.1. The van der Waals surface area contributed by atoms with Gasteiger partial charge in [0, 0.05) is 24.2 Å². The summed E-state index contributed by atoms with van der Waals surface area (Å²) in [5.74, 6) is 0. The van der Waals surface area contributed by atoms with Crippen molar-refractivity contribution in [3.05, 3.63) is 40.4 Å². The van der Waals surface area contributed by atoms with Gasteiger partial charge in [-0.05, 0) is 44.0 Å². The van der Waals surface area contributed by atoms with Crippen LogP contribution in [0.4, 0.5) is 10.8 Å². The van der Waals surface area contributed by atoms with E-state index in [1.807, 2.05) is 19.4 Å². The van der Waals surface area contributed by atoms with E-state index in [2.05, 4.69) is 41.9 Å². The molecule has 0 spiro atoms. The lowest BCUT2D eigenvalue weighted by Gasteiger charge is -2.17. The van der Waals surface area contributed by atoms with Crippen LogP contribution in [0.3, 0.4) is 0 Å². The summed E-state index contributed by atoms with van der Waals surface area (Å²) in [6.07, 6.45) is 0. The third kappa shape index (κ3) is 2.71. The summed E-state index contributed by atoms with van der Waals surface area (Å²) in [6, 6.07) is 6.49. The van der Waals surface area contributed by atoms with Crippen LogP contribution < -0.4 is 10.6 Å². The normalized spacial score (nSPS) is 12.5. The number of thiazole rings is 1. The second kappa shape index (κ2) is 5.08. The fraction of sp³-hybridized carbons (Fsp3) is 0.357. The summed E-state index contributed by atoms with van der Waals surface area (Å²) in [4.78, 5) is 6.67. The molecule has 2 aromatic rings. The standard InChI is InChI=1S/C14H19N3S/c1-9-5-10(2)7-12(6-9)17(4)14-16-13(8-18-14)11(3)15/h5-8,11H,15H2,1-4H3. The number of anilines is 2. The molecule has 2 rings (SSSR count). The van der Waals surface area contributed by atoms with E-state index < -0.39 is 0 Å². The first-order valence-electron chi connectivity index (χ1n) is 6.00. The monoisotopic (exact) mass is 261 g/mol. The van der Waals surface area contributed by atoms with Crippen molar-refractivity contribution < 1.29 is 0 Å². The topological polar surface area (TPSA) is 42.2 Å². The summed E-state index contributed by atoms with van der Waals surface area (Å²) in [5, 5.41) is 3.01. The number of rotatable bonds is 3. The minimum Gasteiger partial charge on any atom is -0.323 e. The van der Waals surface area contributed by atoms with E-state index in [-0.39, 0.29) is 6.04 Å². The van der Waals surface area contributed by atoms with Crippen molar-refractivity contribution >= 4 is 22.2 Å². The Bertz CT molecular complexity index is 525. The van der Waals surface area contributed by atoms with E-state index in [1.165, 1.54) is 11.1 Å². The number of hydrogen-bond donors (Lipinski definition) is 1. The maximum Gasteiger partial charge on any atom is 0.189 e. The van der Waals surface area contributed by atoms with Gasteiger partial charge in [0.1, 0.15) is 0 Å². The molecule has 0 saturated carbocycles. The predicted molar refractivity (Wildman–Crippen MR) is 78.7 cm³/mol. The molecule has 0 fully saturated rings. The van der Waals surface area contributed by atoms with Crippen LogP contribution in [0, 0.1) is 13.8 Å². The van der Waals surface area contributed by atoms with Crippen LogP contribution in [0.5, 0.6) is 0 Å². The van der Waals surface area contributed by atoms with Gasteiger partial charge in [-0.25, -0.2) is 4.98 Å². The second-order valence-electron chi connectivity index (χ2n) is 4.75. The van der Waals surface area contributed by atoms with Gasteiger partial charge >= 0.3 is 0 Å². The van der Waals surface area contributed by atoms with Crippen molar-refractivity contribution in [2.24, 2.45) is 5.73 Å². The lowest BCUT2D eigenvalue weighted by atomic mass is 10.1. The van der Waals surface area contributed by atoms with Crippen LogP contribution in [-0.2, 0) is 0 Å². The lowest BCUT2D eigenvalue weighted by Crippen LogP contribution is -2.11. The molecule has 4 heteroatoms. The molecule has 1 heterocycles. The highest BCUT2D eigenvalue weighted by molar-refractivity contribution is 7.13. The molecule has 3 nitrogen and oxygen atoms in total. The maximum atomic E-state index is 5.84. The number of aryl methyl sites for hydroxylation is 2. The molecule has 1 atom stereocenters. The lowest BCUT2D eigenvalue weighted by molar-refractivity contribution is 0.788. The molecule has 0 amide bonds. The van der Waals surface area contributed by atoms with Crippen LogP contribution in [0.2, 0.25) is 0 Å². The molecular formula is C14H19N3S. The number of nitrogens with zero attached hydrogens (tertiary/aromatic N) is 2. The Labute approximate surface area is 112 Å². The van der Waals surface area contributed by atoms with Gasteiger partial charge in [-0.3, -0.25) is 0 Å². The predicted octanol–water partition coefficient (Wildman–Crippen LogP) is 3.55. The molecule has 96 valence electrons. The third-order valence-corrected chi connectivity index (χ3v) is 3.79. The third-order valence-electron chi connectivity index (χ3n) is 2.86. The van der Waals surface area contributed by atoms with Gasteiger partial charge in [0.2, 0.25) is 0 Å². The Balaban J connectivity index is 2.31. The van der Waals surface area contributed by atoms with Crippen molar-refractivity contribution in [1.82, 2.24) is 4.98 Å². The molecule has 2 N–H and O–H groups in total. The molecule has 1 aromatic carbocycles. The van der Waals surface area contributed by atoms with Crippen molar-refractivity contribution in [3.63, 3.8) is 0 Å². The second-order valence-corrected chi connectivity index (χ2v) is 5.59. The van der Waals surface area contributed by atoms with Gasteiger partial charge < -0.3 is 10.6 Å². The molecular weight excluding hydrogens is 242 g/mol. The van der Waals surface area contributed by atoms with E-state index in [1.54, 1.807) is 11.3 Å². The molecule has 0 saturated heterocycles. The van der Waals surface area contributed by atoms with Crippen LogP contribution in [0.25, 0.3) is 0 Å². The van der Waals surface area contributed by atoms with Gasteiger partial charge in [-0.2, -0.15) is 0 Å². The summed E-state index contributed by atoms with van der Waals surface area (Å²) in [6.45, 7) is 6.18. The first kappa shape index (κ1) is 13.1. The summed E-state index contributed by atoms with van der Waals surface area (Å²) < 4.78 is 0. The van der Waals surface area contributed by atoms with E-state index in [9.17, 15) is 0 Å². The van der Waals surface area contributed by atoms with Gasteiger partial charge in [0.05, 0.1) is 5.69 Å². The zero-order valence-electron chi connectivity index (χ0n) is 11.3. The molecule has 0 aliphatic carbocycles. The van der Waals surface area contributed by atoms with Crippen LogP contribution in [-0.4, -0.2) is 12.0 Å². The Kier molecular flexibility index (Phi) is 3.68.